The van der Waals surface area contributed by atoms with Crippen LogP contribution >= 0.6 is 0 Å². The fraction of sp³-hybridized carbons (Fsp3) is 0. The van der Waals surface area contributed by atoms with Gasteiger partial charge < -0.3 is 0 Å². The van der Waals surface area contributed by atoms with Crippen molar-refractivity contribution in [1.29, 1.82) is 0 Å². The quantitative estimate of drug-likeness (QED) is 0.692. The van der Waals surface area contributed by atoms with Crippen LogP contribution in [0.5, 0.6) is 0 Å². The summed E-state index contributed by atoms with van der Waals surface area (Å²) in [5.74, 6) is 0. The van der Waals surface area contributed by atoms with Gasteiger partial charge in [0, 0.05) is 11.8 Å². The first-order chi connectivity index (χ1) is 10.2. The lowest BCUT2D eigenvalue weighted by Crippen LogP contribution is -1.97. The molecule has 0 aliphatic rings. The molecule has 0 N–H and O–H groups in total. The normalized spacial score (nSPS) is 12.0. The fourth-order valence-electron chi connectivity index (χ4n) is 2.14. The second kappa shape index (κ2) is 5.50. The summed E-state index contributed by atoms with van der Waals surface area (Å²) in [5.41, 5.74) is 0.785. The molecule has 0 amide bonds. The van der Waals surface area contributed by atoms with Crippen LogP contribution in [0, 0.1) is 0 Å². The fourth-order valence-corrected chi connectivity index (χ4v) is 3.02. The van der Waals surface area contributed by atoms with Gasteiger partial charge in [0.15, 0.2) is 0 Å². The maximum absolute atomic E-state index is 12.1. The molecular formula is C17H13NO2S. The van der Waals surface area contributed by atoms with Crippen LogP contribution in [0.3, 0.4) is 0 Å². The topological polar surface area (TPSA) is 46.5 Å². The number of sulfonamides is 1. The lowest BCUT2D eigenvalue weighted by Gasteiger charge is -2.01. The van der Waals surface area contributed by atoms with Gasteiger partial charge in [0.1, 0.15) is 0 Å². The van der Waals surface area contributed by atoms with Gasteiger partial charge in [0.2, 0.25) is 0 Å². The summed E-state index contributed by atoms with van der Waals surface area (Å²) in [7, 11) is -3.66. The Morgan fingerprint density at radius 3 is 2.24 bits per heavy atom. The van der Waals surface area contributed by atoms with E-state index < -0.39 is 10.0 Å². The number of rotatable bonds is 3. The van der Waals surface area contributed by atoms with Crippen LogP contribution in [-0.4, -0.2) is 14.6 Å². The highest BCUT2D eigenvalue weighted by atomic mass is 32.2. The van der Waals surface area contributed by atoms with Gasteiger partial charge in [-0.3, -0.25) is 0 Å². The Hall–Kier alpha value is -2.46. The van der Waals surface area contributed by atoms with Crippen molar-refractivity contribution in [2.24, 2.45) is 4.40 Å². The smallest absolute Gasteiger partial charge is 0.199 e. The van der Waals surface area contributed by atoms with Crippen molar-refractivity contribution in [3.63, 3.8) is 0 Å². The largest absolute Gasteiger partial charge is 0.282 e. The Balaban J connectivity index is 2.03. The molecule has 0 bridgehead atoms. The highest BCUT2D eigenvalue weighted by molar-refractivity contribution is 7.90. The van der Waals surface area contributed by atoms with E-state index >= 15 is 0 Å². The third-order valence-electron chi connectivity index (χ3n) is 3.19. The van der Waals surface area contributed by atoms with Gasteiger partial charge in [-0.2, -0.15) is 12.8 Å². The minimum Gasteiger partial charge on any atom is -0.199 e. The zero-order valence-electron chi connectivity index (χ0n) is 11.2. The zero-order chi connectivity index (χ0) is 14.7. The lowest BCUT2D eigenvalue weighted by atomic mass is 10.1. The first kappa shape index (κ1) is 13.5. The molecule has 3 nitrogen and oxygen atoms in total. The number of hydrogen-bond donors (Lipinski definition) is 0. The Kier molecular flexibility index (Phi) is 3.54. The van der Waals surface area contributed by atoms with Crippen molar-refractivity contribution in [2.45, 2.75) is 4.90 Å². The van der Waals surface area contributed by atoms with E-state index in [9.17, 15) is 8.42 Å². The Morgan fingerprint density at radius 2 is 1.43 bits per heavy atom. The SMILES string of the molecule is O=S(=O)(/N=C/c1cccc2ccccc12)c1ccccc1. The summed E-state index contributed by atoms with van der Waals surface area (Å²) in [6.45, 7) is 0. The molecule has 0 saturated carbocycles. The van der Waals surface area contributed by atoms with Gasteiger partial charge in [-0.25, -0.2) is 0 Å². The minimum atomic E-state index is -3.66. The Labute approximate surface area is 123 Å². The zero-order valence-corrected chi connectivity index (χ0v) is 12.0. The molecule has 0 spiro atoms. The number of fused-ring (bicyclic) bond motifs is 1. The second-order valence-electron chi connectivity index (χ2n) is 4.59. The van der Waals surface area contributed by atoms with Gasteiger partial charge in [-0.05, 0) is 22.9 Å². The van der Waals surface area contributed by atoms with E-state index in [1.54, 1.807) is 18.2 Å². The highest BCUT2D eigenvalue weighted by Gasteiger charge is 2.10. The predicted molar refractivity (Wildman–Crippen MR) is 85.2 cm³/mol. The molecule has 0 aliphatic carbocycles. The number of nitrogens with zero attached hydrogens (tertiary/aromatic N) is 1. The van der Waals surface area contributed by atoms with Gasteiger partial charge in [0.05, 0.1) is 4.90 Å². The van der Waals surface area contributed by atoms with Crippen molar-refractivity contribution in [1.82, 2.24) is 0 Å². The second-order valence-corrected chi connectivity index (χ2v) is 6.22. The van der Waals surface area contributed by atoms with Crippen molar-refractivity contribution in [3.8, 4) is 0 Å². The van der Waals surface area contributed by atoms with E-state index in [1.807, 2.05) is 42.5 Å². The first-order valence-electron chi connectivity index (χ1n) is 6.50. The molecule has 0 radical (unpaired) electrons. The van der Waals surface area contributed by atoms with Gasteiger partial charge >= 0.3 is 0 Å². The molecule has 0 unspecified atom stereocenters. The molecule has 0 heterocycles. The summed E-state index contributed by atoms with van der Waals surface area (Å²) in [6, 6.07) is 21.7. The highest BCUT2D eigenvalue weighted by Crippen LogP contribution is 2.18. The van der Waals surface area contributed by atoms with Crippen molar-refractivity contribution in [2.75, 3.05) is 0 Å². The van der Waals surface area contributed by atoms with Crippen molar-refractivity contribution >= 4 is 27.0 Å². The van der Waals surface area contributed by atoms with E-state index in [2.05, 4.69) is 4.40 Å². The van der Waals surface area contributed by atoms with Gasteiger partial charge in [-0.1, -0.05) is 60.7 Å². The summed E-state index contributed by atoms with van der Waals surface area (Å²) in [6.07, 6.45) is 1.41. The van der Waals surface area contributed by atoms with Crippen LogP contribution in [0.15, 0.2) is 82.1 Å². The van der Waals surface area contributed by atoms with E-state index in [1.165, 1.54) is 18.3 Å². The Bertz CT molecular complexity index is 895. The number of hydrogen-bond acceptors (Lipinski definition) is 2. The van der Waals surface area contributed by atoms with E-state index in [4.69, 9.17) is 0 Å². The lowest BCUT2D eigenvalue weighted by molar-refractivity contribution is 0.598. The molecule has 0 aromatic heterocycles. The van der Waals surface area contributed by atoms with Crippen LogP contribution in [0.4, 0.5) is 0 Å². The maximum atomic E-state index is 12.1. The molecule has 0 fully saturated rings. The molecule has 3 aromatic rings. The molecule has 21 heavy (non-hydrogen) atoms. The van der Waals surface area contributed by atoms with Crippen LogP contribution in [0.1, 0.15) is 5.56 Å². The molecule has 3 aromatic carbocycles. The van der Waals surface area contributed by atoms with E-state index in [0.29, 0.717) is 0 Å². The predicted octanol–water partition coefficient (Wildman–Crippen LogP) is 3.65. The molecular weight excluding hydrogens is 282 g/mol. The van der Waals surface area contributed by atoms with Crippen LogP contribution in [0.25, 0.3) is 10.8 Å². The summed E-state index contributed by atoms with van der Waals surface area (Å²) < 4.78 is 28.1. The third-order valence-corrected chi connectivity index (χ3v) is 4.45. The third kappa shape index (κ3) is 2.85. The monoisotopic (exact) mass is 295 g/mol. The molecule has 0 atom stereocenters. The van der Waals surface area contributed by atoms with Crippen molar-refractivity contribution < 1.29 is 8.42 Å². The maximum Gasteiger partial charge on any atom is 0.282 e. The van der Waals surface area contributed by atoms with E-state index in [-0.39, 0.29) is 4.90 Å². The molecule has 0 saturated heterocycles. The first-order valence-corrected chi connectivity index (χ1v) is 7.94. The van der Waals surface area contributed by atoms with E-state index in [0.717, 1.165) is 16.3 Å². The number of benzene rings is 3. The molecule has 0 aliphatic heterocycles. The van der Waals surface area contributed by atoms with Crippen LogP contribution in [-0.2, 0) is 10.0 Å². The Morgan fingerprint density at radius 1 is 0.762 bits per heavy atom. The summed E-state index contributed by atoms with van der Waals surface area (Å²) >= 11 is 0. The average Bonchev–Trinajstić information content (AvgIpc) is 2.54. The molecule has 104 valence electrons. The summed E-state index contributed by atoms with van der Waals surface area (Å²) in [5, 5.41) is 2.03. The van der Waals surface area contributed by atoms with Crippen LogP contribution in [0.2, 0.25) is 0 Å². The van der Waals surface area contributed by atoms with Gasteiger partial charge in [-0.15, -0.1) is 0 Å². The van der Waals surface area contributed by atoms with Crippen molar-refractivity contribution in [3.05, 3.63) is 78.4 Å². The standard InChI is InChI=1S/C17H13NO2S/c19-21(20,16-10-2-1-3-11-16)18-13-15-9-6-8-14-7-4-5-12-17(14)15/h1-13H/b18-13+. The molecule has 4 heteroatoms. The average molecular weight is 295 g/mol. The van der Waals surface area contributed by atoms with Gasteiger partial charge in [0.25, 0.3) is 10.0 Å². The minimum absolute atomic E-state index is 0.196. The summed E-state index contributed by atoms with van der Waals surface area (Å²) in [4.78, 5) is 0.196. The van der Waals surface area contributed by atoms with Crippen LogP contribution < -0.4 is 0 Å². The molecule has 3 rings (SSSR count).